The van der Waals surface area contributed by atoms with Gasteiger partial charge in [-0.3, -0.25) is 19.8 Å². The minimum atomic E-state index is -0.283. The van der Waals surface area contributed by atoms with E-state index < -0.39 is 0 Å². The molecule has 4 heteroatoms. The van der Waals surface area contributed by atoms with E-state index in [1.54, 1.807) is 6.07 Å². The molecule has 1 heterocycles. The van der Waals surface area contributed by atoms with Crippen LogP contribution in [0.2, 0.25) is 0 Å². The molecule has 2 N–H and O–H groups in total. The van der Waals surface area contributed by atoms with Crippen molar-refractivity contribution >= 4 is 32.3 Å². The predicted molar refractivity (Wildman–Crippen MR) is 80.2 cm³/mol. The van der Waals surface area contributed by atoms with E-state index in [0.717, 1.165) is 21.5 Å². The largest absolute Gasteiger partial charge is 0.271 e. The lowest BCUT2D eigenvalue weighted by Crippen LogP contribution is -2.19. The lowest BCUT2D eigenvalue weighted by Gasteiger charge is -2.06. The van der Waals surface area contributed by atoms with Gasteiger partial charge in [-0.2, -0.15) is 0 Å². The van der Waals surface area contributed by atoms with Gasteiger partial charge in [0.15, 0.2) is 0 Å². The second-order valence-electron chi connectivity index (χ2n) is 4.78. The van der Waals surface area contributed by atoms with Crippen LogP contribution in [0.4, 0.5) is 0 Å². The zero-order chi connectivity index (χ0) is 13.7. The van der Waals surface area contributed by atoms with Gasteiger partial charge in [-0.25, -0.2) is 0 Å². The molecule has 4 aromatic rings. The van der Waals surface area contributed by atoms with Crippen molar-refractivity contribution in [2.45, 2.75) is 0 Å². The van der Waals surface area contributed by atoms with Crippen LogP contribution in [0, 0.1) is 0 Å². The molecule has 0 spiro atoms. The van der Waals surface area contributed by atoms with Gasteiger partial charge in [0.2, 0.25) is 0 Å². The van der Waals surface area contributed by atoms with Crippen LogP contribution in [-0.4, -0.2) is 10.2 Å². The van der Waals surface area contributed by atoms with Crippen LogP contribution in [-0.2, 0) is 0 Å². The fraction of sp³-hybridized carbons (Fsp3) is 0. The molecule has 0 saturated heterocycles. The predicted octanol–water partition coefficient (Wildman–Crippen LogP) is 2.52. The molecule has 20 heavy (non-hydrogen) atoms. The van der Waals surface area contributed by atoms with E-state index in [2.05, 4.69) is 10.2 Å². The zero-order valence-corrected chi connectivity index (χ0v) is 10.4. The molecule has 3 aromatic carbocycles. The average molecular weight is 262 g/mol. The van der Waals surface area contributed by atoms with Crippen molar-refractivity contribution in [3.8, 4) is 0 Å². The van der Waals surface area contributed by atoms with Gasteiger partial charge in [0.05, 0.1) is 10.8 Å². The van der Waals surface area contributed by atoms with Crippen molar-refractivity contribution in [3.63, 3.8) is 0 Å². The second kappa shape index (κ2) is 3.81. The van der Waals surface area contributed by atoms with E-state index in [4.69, 9.17) is 0 Å². The molecular weight excluding hydrogens is 252 g/mol. The Morgan fingerprint density at radius 1 is 0.600 bits per heavy atom. The first kappa shape index (κ1) is 11.0. The Labute approximate surface area is 112 Å². The highest BCUT2D eigenvalue weighted by molar-refractivity contribution is 6.19. The molecule has 96 valence electrons. The first-order chi connectivity index (χ1) is 9.75. The highest BCUT2D eigenvalue weighted by Crippen LogP contribution is 2.28. The Balaban J connectivity index is 2.47. The summed E-state index contributed by atoms with van der Waals surface area (Å²) in [6, 6.07) is 15.4. The molecule has 0 aliphatic heterocycles. The first-order valence-corrected chi connectivity index (χ1v) is 6.31. The molecule has 0 aliphatic carbocycles. The zero-order valence-electron chi connectivity index (χ0n) is 10.4. The van der Waals surface area contributed by atoms with Gasteiger partial charge in [0, 0.05) is 5.39 Å². The van der Waals surface area contributed by atoms with E-state index in [1.807, 2.05) is 42.5 Å². The molecular formula is C16H10N2O2. The third-order valence-electron chi connectivity index (χ3n) is 3.67. The molecule has 0 saturated carbocycles. The number of hydrogen-bond acceptors (Lipinski definition) is 2. The van der Waals surface area contributed by atoms with Crippen molar-refractivity contribution < 1.29 is 0 Å². The number of aromatic amines is 2. The van der Waals surface area contributed by atoms with Crippen LogP contribution in [0.25, 0.3) is 32.3 Å². The number of benzene rings is 3. The highest BCUT2D eigenvalue weighted by Gasteiger charge is 2.10. The first-order valence-electron chi connectivity index (χ1n) is 6.31. The normalized spacial score (nSPS) is 11.4. The SMILES string of the molecule is O=c1[nH][nH]c(=O)c2c1ccc1ccc3ccccc3c12. The number of fused-ring (bicyclic) bond motifs is 5. The fourth-order valence-electron chi connectivity index (χ4n) is 2.77. The van der Waals surface area contributed by atoms with E-state index in [1.165, 1.54) is 0 Å². The Bertz CT molecular complexity index is 1090. The summed E-state index contributed by atoms with van der Waals surface area (Å²) in [7, 11) is 0. The Morgan fingerprint density at radius 3 is 2.20 bits per heavy atom. The molecule has 0 radical (unpaired) electrons. The summed E-state index contributed by atoms with van der Waals surface area (Å²) in [6.07, 6.45) is 0. The molecule has 4 nitrogen and oxygen atoms in total. The summed E-state index contributed by atoms with van der Waals surface area (Å²) >= 11 is 0. The summed E-state index contributed by atoms with van der Waals surface area (Å²) in [4.78, 5) is 24.0. The standard InChI is InChI=1S/C16H10N2O2/c19-15-12-8-7-10-6-5-9-3-1-2-4-11(9)13(10)14(12)16(20)18-17-15/h1-8H,(H,17,19)(H,18,20). The number of nitrogens with one attached hydrogen (secondary N) is 2. The summed E-state index contributed by atoms with van der Waals surface area (Å²) in [5.74, 6) is 0. The van der Waals surface area contributed by atoms with E-state index in [-0.39, 0.29) is 11.1 Å². The molecule has 0 bridgehead atoms. The van der Waals surface area contributed by atoms with Crippen molar-refractivity contribution in [2.75, 3.05) is 0 Å². The molecule has 4 rings (SSSR count). The van der Waals surface area contributed by atoms with Crippen molar-refractivity contribution in [1.29, 1.82) is 0 Å². The third kappa shape index (κ3) is 1.36. The van der Waals surface area contributed by atoms with Crippen LogP contribution >= 0.6 is 0 Å². The summed E-state index contributed by atoms with van der Waals surface area (Å²) < 4.78 is 0. The quantitative estimate of drug-likeness (QED) is 0.478. The lowest BCUT2D eigenvalue weighted by molar-refractivity contribution is 0.978. The maximum Gasteiger partial charge on any atom is 0.271 e. The van der Waals surface area contributed by atoms with Crippen molar-refractivity contribution in [2.24, 2.45) is 0 Å². The van der Waals surface area contributed by atoms with Crippen LogP contribution < -0.4 is 11.1 Å². The molecule has 0 atom stereocenters. The van der Waals surface area contributed by atoms with Gasteiger partial charge >= 0.3 is 0 Å². The Hall–Kier alpha value is -2.88. The van der Waals surface area contributed by atoms with E-state index >= 15 is 0 Å². The fourth-order valence-corrected chi connectivity index (χ4v) is 2.77. The molecule has 0 fully saturated rings. The second-order valence-corrected chi connectivity index (χ2v) is 4.78. The van der Waals surface area contributed by atoms with Crippen LogP contribution in [0.1, 0.15) is 0 Å². The maximum absolute atomic E-state index is 12.2. The van der Waals surface area contributed by atoms with Gasteiger partial charge in [-0.1, -0.05) is 42.5 Å². The molecule has 0 unspecified atom stereocenters. The van der Waals surface area contributed by atoms with Gasteiger partial charge in [-0.15, -0.1) is 0 Å². The van der Waals surface area contributed by atoms with Gasteiger partial charge in [0.1, 0.15) is 0 Å². The smallest absolute Gasteiger partial charge is 0.267 e. The third-order valence-corrected chi connectivity index (χ3v) is 3.67. The summed E-state index contributed by atoms with van der Waals surface area (Å²) in [5, 5.41) is 9.44. The summed E-state index contributed by atoms with van der Waals surface area (Å²) in [5.41, 5.74) is -0.559. The van der Waals surface area contributed by atoms with Crippen molar-refractivity contribution in [1.82, 2.24) is 10.2 Å². The minimum Gasteiger partial charge on any atom is -0.267 e. The van der Waals surface area contributed by atoms with Gasteiger partial charge in [-0.05, 0) is 22.2 Å². The van der Waals surface area contributed by atoms with E-state index in [9.17, 15) is 9.59 Å². The minimum absolute atomic E-state index is 0.276. The van der Waals surface area contributed by atoms with Gasteiger partial charge < -0.3 is 0 Å². The molecule has 0 amide bonds. The Kier molecular flexibility index (Phi) is 2.09. The number of H-pyrrole nitrogens is 2. The number of aromatic nitrogens is 2. The molecule has 0 aliphatic rings. The number of hydrogen-bond donors (Lipinski definition) is 2. The molecule has 1 aromatic heterocycles. The van der Waals surface area contributed by atoms with E-state index in [0.29, 0.717) is 10.8 Å². The maximum atomic E-state index is 12.2. The van der Waals surface area contributed by atoms with Crippen molar-refractivity contribution in [3.05, 3.63) is 69.2 Å². The Morgan fingerprint density at radius 2 is 1.30 bits per heavy atom. The van der Waals surface area contributed by atoms with Crippen LogP contribution in [0.3, 0.4) is 0 Å². The topological polar surface area (TPSA) is 65.7 Å². The average Bonchev–Trinajstić information content (AvgIpc) is 2.50. The number of rotatable bonds is 0. The lowest BCUT2D eigenvalue weighted by atomic mass is 9.98. The monoisotopic (exact) mass is 262 g/mol. The van der Waals surface area contributed by atoms with Crippen LogP contribution in [0.5, 0.6) is 0 Å². The highest BCUT2D eigenvalue weighted by atomic mass is 16.1. The summed E-state index contributed by atoms with van der Waals surface area (Å²) in [6.45, 7) is 0. The van der Waals surface area contributed by atoms with Gasteiger partial charge in [0.25, 0.3) is 11.1 Å². The van der Waals surface area contributed by atoms with Crippen LogP contribution in [0.15, 0.2) is 58.1 Å².